The number of carbonyl (C=O) groups is 1. The number of aromatic carboxylic acids is 1. The van der Waals surface area contributed by atoms with Gasteiger partial charge < -0.3 is 9.84 Å². The summed E-state index contributed by atoms with van der Waals surface area (Å²) in [5.41, 5.74) is 0.181. The van der Waals surface area contributed by atoms with Crippen LogP contribution < -0.4 is 4.74 Å². The minimum absolute atomic E-state index is 0.181. The minimum Gasteiger partial charge on any atom is -0.491 e. The van der Waals surface area contributed by atoms with Crippen LogP contribution in [0.4, 0.5) is 0 Å². The van der Waals surface area contributed by atoms with Gasteiger partial charge in [0.1, 0.15) is 17.9 Å². The van der Waals surface area contributed by atoms with Gasteiger partial charge in [0.15, 0.2) is 0 Å². The van der Waals surface area contributed by atoms with Crippen LogP contribution in [0.25, 0.3) is 0 Å². The first-order valence-corrected chi connectivity index (χ1v) is 7.53. The van der Waals surface area contributed by atoms with Crippen LogP contribution in [0.1, 0.15) is 38.1 Å². The molecule has 0 aromatic heterocycles. The molecular weight excluding hydrogens is 322 g/mol. The first-order valence-electron chi connectivity index (χ1n) is 6.74. The molecule has 4 nitrogen and oxygen atoms in total. The van der Waals surface area contributed by atoms with E-state index in [-0.39, 0.29) is 5.56 Å². The summed E-state index contributed by atoms with van der Waals surface area (Å²) < 4.78 is 6.37. The average Bonchev–Trinajstić information content (AvgIpc) is 2.34. The summed E-state index contributed by atoms with van der Waals surface area (Å²) in [6, 6.07) is 5.89. The van der Waals surface area contributed by atoms with Crippen molar-refractivity contribution in [3.63, 3.8) is 0 Å². The molecule has 0 unspecified atom stereocenters. The fourth-order valence-electron chi connectivity index (χ4n) is 2.17. The lowest BCUT2D eigenvalue weighted by molar-refractivity contribution is 0.0690. The Hall–Kier alpha value is -1.07. The highest BCUT2D eigenvalue weighted by Crippen LogP contribution is 2.23. The van der Waals surface area contributed by atoms with E-state index in [0.717, 1.165) is 11.0 Å². The molecule has 0 aliphatic carbocycles. The standard InChI is InChI=1S/C15H22BrNO3/c1-10(2)17(11(3)4)7-8-20-14-6-5-12(16)9-13(14)15(18)19/h5-6,9-11H,7-8H2,1-4H3,(H,18,19). The van der Waals surface area contributed by atoms with Gasteiger partial charge in [0.05, 0.1) is 0 Å². The summed E-state index contributed by atoms with van der Waals surface area (Å²) in [6.45, 7) is 9.80. The molecule has 0 spiro atoms. The number of carboxylic acid groups (broad SMARTS) is 1. The van der Waals surface area contributed by atoms with Crippen molar-refractivity contribution in [2.45, 2.75) is 39.8 Å². The molecule has 1 rings (SSSR count). The summed E-state index contributed by atoms with van der Waals surface area (Å²) in [5.74, 6) is -0.570. The lowest BCUT2D eigenvalue weighted by atomic mass is 10.2. The van der Waals surface area contributed by atoms with Crippen LogP contribution in [-0.4, -0.2) is 41.2 Å². The first kappa shape index (κ1) is 17.0. The lowest BCUT2D eigenvalue weighted by Gasteiger charge is -2.30. The zero-order valence-corrected chi connectivity index (χ0v) is 14.0. The number of carboxylic acids is 1. The molecule has 1 N–H and O–H groups in total. The fraction of sp³-hybridized carbons (Fsp3) is 0.533. The molecule has 0 atom stereocenters. The molecule has 0 fully saturated rings. The van der Waals surface area contributed by atoms with Crippen molar-refractivity contribution in [3.8, 4) is 5.75 Å². The minimum atomic E-state index is -0.981. The third-order valence-corrected chi connectivity index (χ3v) is 3.60. The molecule has 1 aromatic carbocycles. The maximum Gasteiger partial charge on any atom is 0.339 e. The summed E-state index contributed by atoms with van der Waals surface area (Å²) in [4.78, 5) is 13.5. The largest absolute Gasteiger partial charge is 0.491 e. The zero-order chi connectivity index (χ0) is 15.3. The van der Waals surface area contributed by atoms with Crippen molar-refractivity contribution >= 4 is 21.9 Å². The molecule has 1 aromatic rings. The van der Waals surface area contributed by atoms with E-state index in [9.17, 15) is 4.79 Å². The normalized spacial score (nSPS) is 11.4. The maximum atomic E-state index is 11.2. The Balaban J connectivity index is 2.68. The van der Waals surface area contributed by atoms with Crippen LogP contribution in [0, 0.1) is 0 Å². The SMILES string of the molecule is CC(C)N(CCOc1ccc(Br)cc1C(=O)O)C(C)C. The number of hydrogen-bond donors (Lipinski definition) is 1. The second-order valence-corrected chi connectivity index (χ2v) is 6.14. The van der Waals surface area contributed by atoms with E-state index >= 15 is 0 Å². The lowest BCUT2D eigenvalue weighted by Crippen LogP contribution is -2.39. The molecule has 0 saturated heterocycles. The zero-order valence-electron chi connectivity index (χ0n) is 12.4. The Morgan fingerprint density at radius 1 is 1.30 bits per heavy atom. The molecule has 0 bridgehead atoms. The van der Waals surface area contributed by atoms with Crippen molar-refractivity contribution in [1.82, 2.24) is 4.90 Å². The van der Waals surface area contributed by atoms with Gasteiger partial charge >= 0.3 is 5.97 Å². The van der Waals surface area contributed by atoms with Crippen molar-refractivity contribution in [2.75, 3.05) is 13.2 Å². The topological polar surface area (TPSA) is 49.8 Å². The number of halogens is 1. The average molecular weight is 344 g/mol. The molecule has 20 heavy (non-hydrogen) atoms. The van der Waals surface area contributed by atoms with E-state index in [4.69, 9.17) is 9.84 Å². The van der Waals surface area contributed by atoms with Gasteiger partial charge in [-0.1, -0.05) is 15.9 Å². The van der Waals surface area contributed by atoms with E-state index in [0.29, 0.717) is 24.4 Å². The maximum absolute atomic E-state index is 11.2. The van der Waals surface area contributed by atoms with Gasteiger partial charge in [-0.2, -0.15) is 0 Å². The Kier molecular flexibility index (Phi) is 6.49. The number of nitrogens with zero attached hydrogens (tertiary/aromatic N) is 1. The Morgan fingerprint density at radius 3 is 2.40 bits per heavy atom. The quantitative estimate of drug-likeness (QED) is 0.820. The van der Waals surface area contributed by atoms with Gasteiger partial charge in [-0.15, -0.1) is 0 Å². The third-order valence-electron chi connectivity index (χ3n) is 3.11. The van der Waals surface area contributed by atoms with Crippen molar-refractivity contribution < 1.29 is 14.6 Å². The second kappa shape index (κ2) is 7.64. The van der Waals surface area contributed by atoms with Crippen LogP contribution in [-0.2, 0) is 0 Å². The number of ether oxygens (including phenoxy) is 1. The summed E-state index contributed by atoms with van der Waals surface area (Å²) in [5, 5.41) is 9.16. The summed E-state index contributed by atoms with van der Waals surface area (Å²) in [7, 11) is 0. The van der Waals surface area contributed by atoms with E-state index in [2.05, 4.69) is 48.5 Å². The molecular formula is C15H22BrNO3. The number of hydrogen-bond acceptors (Lipinski definition) is 3. The molecule has 0 saturated carbocycles. The third kappa shape index (κ3) is 4.80. The van der Waals surface area contributed by atoms with Gasteiger partial charge in [-0.05, 0) is 45.9 Å². The van der Waals surface area contributed by atoms with Gasteiger partial charge in [0.2, 0.25) is 0 Å². The molecule has 5 heteroatoms. The van der Waals surface area contributed by atoms with E-state index < -0.39 is 5.97 Å². The molecule has 0 radical (unpaired) electrons. The molecule has 0 amide bonds. The number of rotatable bonds is 7. The van der Waals surface area contributed by atoms with Crippen LogP contribution in [0.3, 0.4) is 0 Å². The van der Waals surface area contributed by atoms with Gasteiger partial charge in [0.25, 0.3) is 0 Å². The second-order valence-electron chi connectivity index (χ2n) is 5.22. The van der Waals surface area contributed by atoms with Crippen LogP contribution >= 0.6 is 15.9 Å². The van der Waals surface area contributed by atoms with Gasteiger partial charge in [-0.25, -0.2) is 4.79 Å². The van der Waals surface area contributed by atoms with Gasteiger partial charge in [-0.3, -0.25) is 4.90 Å². The highest BCUT2D eigenvalue weighted by atomic mass is 79.9. The number of benzene rings is 1. The van der Waals surface area contributed by atoms with E-state index in [1.54, 1.807) is 18.2 Å². The highest BCUT2D eigenvalue weighted by molar-refractivity contribution is 9.10. The molecule has 112 valence electrons. The van der Waals surface area contributed by atoms with Gasteiger partial charge in [0, 0.05) is 23.1 Å². The Labute approximate surface area is 128 Å². The first-order chi connectivity index (χ1) is 9.32. The summed E-state index contributed by atoms with van der Waals surface area (Å²) >= 11 is 3.27. The fourth-order valence-corrected chi connectivity index (χ4v) is 2.53. The van der Waals surface area contributed by atoms with Crippen LogP contribution in [0.2, 0.25) is 0 Å². The van der Waals surface area contributed by atoms with Crippen LogP contribution in [0.15, 0.2) is 22.7 Å². The smallest absolute Gasteiger partial charge is 0.339 e. The summed E-state index contributed by atoms with van der Waals surface area (Å²) in [6.07, 6.45) is 0. The molecule has 0 aliphatic rings. The van der Waals surface area contributed by atoms with E-state index in [1.807, 2.05) is 0 Å². The monoisotopic (exact) mass is 343 g/mol. The Morgan fingerprint density at radius 2 is 1.90 bits per heavy atom. The van der Waals surface area contributed by atoms with E-state index in [1.165, 1.54) is 0 Å². The van der Waals surface area contributed by atoms with Crippen LogP contribution in [0.5, 0.6) is 5.75 Å². The van der Waals surface area contributed by atoms with Crippen molar-refractivity contribution in [3.05, 3.63) is 28.2 Å². The highest BCUT2D eigenvalue weighted by Gasteiger charge is 2.15. The van der Waals surface area contributed by atoms with Crippen molar-refractivity contribution in [2.24, 2.45) is 0 Å². The molecule has 0 aliphatic heterocycles. The molecule has 0 heterocycles. The predicted octanol–water partition coefficient (Wildman–Crippen LogP) is 3.64. The predicted molar refractivity (Wildman–Crippen MR) is 83.6 cm³/mol. The van der Waals surface area contributed by atoms with Crippen molar-refractivity contribution in [1.29, 1.82) is 0 Å². The Bertz CT molecular complexity index is 452.